The Hall–Kier alpha value is -4.25. The van der Waals surface area contributed by atoms with Crippen LogP contribution in [-0.4, -0.2) is 11.4 Å². The van der Waals surface area contributed by atoms with Crippen molar-refractivity contribution < 1.29 is 24.1 Å². The van der Waals surface area contributed by atoms with Gasteiger partial charge in [0.25, 0.3) is 0 Å². The van der Waals surface area contributed by atoms with Crippen LogP contribution in [0, 0.1) is 0 Å². The molecule has 4 rings (SSSR count). The Balaban J connectivity index is 1.55. The predicted molar refractivity (Wildman–Crippen MR) is 145 cm³/mol. The third kappa shape index (κ3) is 7.14. The molecular formula is C32H32O5. The fourth-order valence-corrected chi connectivity index (χ4v) is 3.90. The first kappa shape index (κ1) is 25.8. The summed E-state index contributed by atoms with van der Waals surface area (Å²) in [5.74, 6) is 1.83. The van der Waals surface area contributed by atoms with Crippen LogP contribution in [0.25, 0.3) is 0 Å². The highest BCUT2D eigenvalue weighted by Gasteiger charge is 2.22. The molecule has 0 aliphatic heterocycles. The summed E-state index contributed by atoms with van der Waals surface area (Å²) in [5, 5.41) is 10.5. The summed E-state index contributed by atoms with van der Waals surface area (Å²) in [6, 6.07) is 29.0. The van der Waals surface area contributed by atoms with Gasteiger partial charge in [-0.3, -0.25) is 4.79 Å². The van der Waals surface area contributed by atoms with Crippen molar-refractivity contribution in [2.75, 3.05) is 0 Å². The van der Waals surface area contributed by atoms with Crippen LogP contribution in [0.2, 0.25) is 0 Å². The van der Waals surface area contributed by atoms with Crippen molar-refractivity contribution in [1.82, 2.24) is 0 Å². The van der Waals surface area contributed by atoms with Crippen LogP contribution in [0.5, 0.6) is 23.0 Å². The highest BCUT2D eigenvalue weighted by Crippen LogP contribution is 2.36. The Kier molecular flexibility index (Phi) is 8.14. The molecule has 0 aliphatic carbocycles. The first-order valence-electron chi connectivity index (χ1n) is 12.2. The number of phenols is 1. The molecule has 0 aliphatic rings. The molecule has 0 aromatic heterocycles. The summed E-state index contributed by atoms with van der Waals surface area (Å²) < 4.78 is 18.2. The van der Waals surface area contributed by atoms with Crippen LogP contribution in [0.4, 0.5) is 0 Å². The molecule has 5 heteroatoms. The molecule has 0 bridgehead atoms. The molecule has 0 unspecified atom stereocenters. The molecule has 0 saturated heterocycles. The summed E-state index contributed by atoms with van der Waals surface area (Å²) >= 11 is 0. The number of ether oxygens (including phenoxy) is 3. The van der Waals surface area contributed by atoms with Crippen LogP contribution in [0.1, 0.15) is 53.4 Å². The molecule has 0 radical (unpaired) electrons. The molecule has 5 nitrogen and oxygen atoms in total. The molecule has 190 valence electrons. The van der Waals surface area contributed by atoms with E-state index in [-0.39, 0.29) is 23.3 Å². The molecule has 0 spiro atoms. The van der Waals surface area contributed by atoms with Crippen molar-refractivity contribution in [3.05, 3.63) is 119 Å². The minimum atomic E-state index is -0.356. The van der Waals surface area contributed by atoms with Crippen LogP contribution in [-0.2, 0) is 25.2 Å². The van der Waals surface area contributed by atoms with E-state index in [0.29, 0.717) is 42.3 Å². The van der Waals surface area contributed by atoms with Gasteiger partial charge in [0, 0.05) is 11.6 Å². The van der Waals surface area contributed by atoms with E-state index in [1.807, 2.05) is 99.6 Å². The van der Waals surface area contributed by atoms with Crippen molar-refractivity contribution in [1.29, 1.82) is 0 Å². The Labute approximate surface area is 218 Å². The van der Waals surface area contributed by atoms with Gasteiger partial charge in [-0.1, -0.05) is 81.4 Å². The largest absolute Gasteiger partial charge is 0.507 e. The number of benzene rings is 4. The minimum absolute atomic E-state index is 0.0113. The van der Waals surface area contributed by atoms with Gasteiger partial charge in [0.2, 0.25) is 0 Å². The molecular weight excluding hydrogens is 464 g/mol. The number of carbonyl (C=O) groups excluding carboxylic acids is 1. The number of aldehydes is 1. The zero-order valence-corrected chi connectivity index (χ0v) is 21.4. The van der Waals surface area contributed by atoms with Gasteiger partial charge in [-0.15, -0.1) is 0 Å². The van der Waals surface area contributed by atoms with Gasteiger partial charge in [0.15, 0.2) is 6.29 Å². The highest BCUT2D eigenvalue weighted by molar-refractivity contribution is 5.81. The molecule has 1 N–H and O–H groups in total. The van der Waals surface area contributed by atoms with Crippen LogP contribution in [0.3, 0.4) is 0 Å². The monoisotopic (exact) mass is 496 g/mol. The standard InChI is InChI=1S/C32H32O5/c1-32(2,3)30-18-29(16-26(19-33)31(30)34)37-22-25-14-27(35-20-23-10-6-4-7-11-23)17-28(15-25)36-21-24-12-8-5-9-13-24/h4-19,34H,20-22H2,1-3H3. The lowest BCUT2D eigenvalue weighted by Gasteiger charge is -2.22. The molecule has 0 atom stereocenters. The molecule has 37 heavy (non-hydrogen) atoms. The zero-order valence-electron chi connectivity index (χ0n) is 21.4. The second-order valence-electron chi connectivity index (χ2n) is 9.93. The van der Waals surface area contributed by atoms with Gasteiger partial charge in [0.05, 0.1) is 5.56 Å². The van der Waals surface area contributed by atoms with E-state index in [4.69, 9.17) is 14.2 Å². The Morgan fingerprint density at radius 1 is 0.649 bits per heavy atom. The number of hydrogen-bond acceptors (Lipinski definition) is 5. The van der Waals surface area contributed by atoms with Gasteiger partial charge in [-0.2, -0.15) is 0 Å². The van der Waals surface area contributed by atoms with E-state index in [2.05, 4.69) is 0 Å². The molecule has 4 aromatic rings. The van der Waals surface area contributed by atoms with Crippen molar-refractivity contribution in [2.45, 2.75) is 46.0 Å². The SMILES string of the molecule is CC(C)(C)c1cc(OCc2cc(OCc3ccccc3)cc(OCc3ccccc3)c2)cc(C=O)c1O. The second kappa shape index (κ2) is 11.7. The van der Waals surface area contributed by atoms with Crippen molar-refractivity contribution in [2.24, 2.45) is 0 Å². The molecule has 0 amide bonds. The van der Waals surface area contributed by atoms with Crippen molar-refractivity contribution in [3.63, 3.8) is 0 Å². The normalized spacial score (nSPS) is 11.1. The van der Waals surface area contributed by atoms with Gasteiger partial charge in [-0.05, 0) is 46.4 Å². The first-order chi connectivity index (χ1) is 17.8. The maximum absolute atomic E-state index is 11.6. The average molecular weight is 497 g/mol. The number of rotatable bonds is 10. The topological polar surface area (TPSA) is 65.0 Å². The lowest BCUT2D eigenvalue weighted by Crippen LogP contribution is -2.12. The summed E-state index contributed by atoms with van der Waals surface area (Å²) in [6.45, 7) is 7.02. The fraction of sp³-hybridized carbons (Fsp3) is 0.219. The molecule has 0 fully saturated rings. The van der Waals surface area contributed by atoms with Crippen LogP contribution in [0.15, 0.2) is 91.0 Å². The average Bonchev–Trinajstić information content (AvgIpc) is 2.90. The third-order valence-electron chi connectivity index (χ3n) is 5.89. The van der Waals surface area contributed by atoms with E-state index in [9.17, 15) is 9.90 Å². The number of hydrogen-bond donors (Lipinski definition) is 1. The minimum Gasteiger partial charge on any atom is -0.507 e. The summed E-state index contributed by atoms with van der Waals surface area (Å²) in [4.78, 5) is 11.6. The fourth-order valence-electron chi connectivity index (χ4n) is 3.90. The van der Waals surface area contributed by atoms with Gasteiger partial charge in [0.1, 0.15) is 42.8 Å². The smallest absolute Gasteiger partial charge is 0.153 e. The third-order valence-corrected chi connectivity index (χ3v) is 5.89. The van der Waals surface area contributed by atoms with E-state index >= 15 is 0 Å². The van der Waals surface area contributed by atoms with Crippen molar-refractivity contribution >= 4 is 6.29 Å². The highest BCUT2D eigenvalue weighted by atomic mass is 16.5. The van der Waals surface area contributed by atoms with E-state index in [0.717, 1.165) is 16.7 Å². The summed E-state index contributed by atoms with van der Waals surface area (Å²) in [5.41, 5.74) is 3.48. The Morgan fingerprint density at radius 3 is 1.57 bits per heavy atom. The van der Waals surface area contributed by atoms with Crippen molar-refractivity contribution in [3.8, 4) is 23.0 Å². The van der Waals surface area contributed by atoms with Gasteiger partial charge < -0.3 is 19.3 Å². The number of carbonyl (C=O) groups is 1. The second-order valence-corrected chi connectivity index (χ2v) is 9.93. The van der Waals surface area contributed by atoms with E-state index in [1.165, 1.54) is 0 Å². The molecule has 0 heterocycles. The lowest BCUT2D eigenvalue weighted by molar-refractivity contribution is 0.112. The molecule has 4 aromatic carbocycles. The maximum atomic E-state index is 11.6. The van der Waals surface area contributed by atoms with Crippen LogP contribution >= 0.6 is 0 Å². The van der Waals surface area contributed by atoms with E-state index in [1.54, 1.807) is 12.1 Å². The lowest BCUT2D eigenvalue weighted by atomic mass is 9.85. The summed E-state index contributed by atoms with van der Waals surface area (Å²) in [7, 11) is 0. The van der Waals surface area contributed by atoms with Gasteiger partial charge in [-0.25, -0.2) is 0 Å². The van der Waals surface area contributed by atoms with Crippen LogP contribution < -0.4 is 14.2 Å². The maximum Gasteiger partial charge on any atom is 0.153 e. The quantitative estimate of drug-likeness (QED) is 0.235. The first-order valence-corrected chi connectivity index (χ1v) is 12.2. The predicted octanol–water partition coefficient (Wildman–Crippen LogP) is 7.24. The Bertz CT molecular complexity index is 1260. The number of phenolic OH excluding ortho intramolecular Hbond substituents is 1. The molecule has 0 saturated carbocycles. The number of aromatic hydroxyl groups is 1. The summed E-state index contributed by atoms with van der Waals surface area (Å²) in [6.07, 6.45) is 0.644. The van der Waals surface area contributed by atoms with E-state index < -0.39 is 0 Å². The Morgan fingerprint density at radius 2 is 1.11 bits per heavy atom. The van der Waals surface area contributed by atoms with Gasteiger partial charge >= 0.3 is 0 Å². The zero-order chi connectivity index (χ0) is 26.3.